The number of anilines is 5. The molecule has 0 bridgehead atoms. The third-order valence-corrected chi connectivity index (χ3v) is 18.6. The Labute approximate surface area is 688 Å². The summed E-state index contributed by atoms with van der Waals surface area (Å²) in [6.45, 7) is 1.32. The predicted molar refractivity (Wildman–Crippen MR) is 319 cm³/mol. The summed E-state index contributed by atoms with van der Waals surface area (Å²) < 4.78 is 174. The molecule has 1 aliphatic rings. The summed E-state index contributed by atoms with van der Waals surface area (Å²) in [6, 6.07) is 31.4. The Morgan fingerprint density at radius 2 is 0.896 bits per heavy atom. The molecule has 2 unspecified atom stereocenters. The molecule has 3 aromatic heterocycles. The first kappa shape index (κ1) is 82.1. The minimum absolute atomic E-state index is 0. The first-order valence-corrected chi connectivity index (χ1v) is 33.0. The third-order valence-electron chi connectivity index (χ3n) is 13.8. The number of hydrogen-bond acceptors (Lipinski definition) is 28. The number of ether oxygens (including phenoxy) is 1. The molecule has 41 heteroatoms. The molecule has 460 valence electrons. The molecule has 2 N–H and O–H groups in total. The molecule has 96 heavy (non-hydrogen) atoms. The van der Waals surface area contributed by atoms with Crippen LogP contribution in [0.25, 0.3) is 79.3 Å². The van der Waals surface area contributed by atoms with Crippen LogP contribution in [0.3, 0.4) is 0 Å². The first-order valence-electron chi connectivity index (χ1n) is 25.9. The van der Waals surface area contributed by atoms with E-state index in [9.17, 15) is 61.7 Å². The van der Waals surface area contributed by atoms with Crippen LogP contribution in [0.1, 0.15) is 22.3 Å². The van der Waals surface area contributed by atoms with Gasteiger partial charge in [0.2, 0.25) is 17.8 Å². The van der Waals surface area contributed by atoms with Gasteiger partial charge in [-0.15, -0.1) is 20.4 Å². The zero-order valence-electron chi connectivity index (χ0n) is 51.2. The van der Waals surface area contributed by atoms with Crippen molar-refractivity contribution in [2.24, 2.45) is 0 Å². The predicted octanol–water partition coefficient (Wildman–Crippen LogP) is -12.2. The van der Waals surface area contributed by atoms with Crippen molar-refractivity contribution in [3.63, 3.8) is 0 Å². The van der Waals surface area contributed by atoms with E-state index in [1.165, 1.54) is 72.8 Å². The smallest absolute Gasteiger partial charge is 0.768 e. The van der Waals surface area contributed by atoms with E-state index in [-0.39, 0.29) is 266 Å². The topological polar surface area (TPSA) is 430 Å². The fourth-order valence-electron chi connectivity index (χ4n) is 9.77. The van der Waals surface area contributed by atoms with Crippen LogP contribution in [0.15, 0.2) is 163 Å². The fourth-order valence-corrected chi connectivity index (χ4v) is 13.5. The molecular weight excluding hydrogens is 1430 g/mol. The van der Waals surface area contributed by atoms with Gasteiger partial charge in [0, 0.05) is 49.9 Å². The van der Waals surface area contributed by atoms with E-state index < -0.39 is 67.2 Å². The summed E-state index contributed by atoms with van der Waals surface area (Å²) in [7, 11) is -15.7. The SMILES string of the molecule is O=S([O-])c1cc2nn(-c3ccc(C=Cc4ccc(Nc5nc(Nc6ccc(C=Cc7ccc(-n8nc9cc(S(=O)[O-])c%10ccccc%10c9n8)cc7S(=O)(=O)[O-])c(S(=O)(=O)[O-])c6)nc(N6CCOCC6)n5)cc4SOO[O-])c(S(=O)(=O)[O-])c3)nc2c2ccccc12.[Na+].[Na+].[Na+].[Na+].[Na+].[Na+]. The summed E-state index contributed by atoms with van der Waals surface area (Å²) in [5.41, 5.74) is 1.10. The number of nitrogens with zero attached hydrogens (tertiary/aromatic N) is 10. The van der Waals surface area contributed by atoms with Crippen molar-refractivity contribution in [2.75, 3.05) is 41.8 Å². The van der Waals surface area contributed by atoms with Gasteiger partial charge >= 0.3 is 177 Å². The molecule has 0 spiro atoms. The van der Waals surface area contributed by atoms with Gasteiger partial charge in [-0.2, -0.15) is 28.9 Å². The number of rotatable bonds is 19. The fraction of sp³-hybridized carbons (Fsp3) is 0.0727. The van der Waals surface area contributed by atoms with E-state index in [0.29, 0.717) is 71.0 Å². The molecular formula is C55H36N12Na6O17S6. The molecule has 1 fully saturated rings. The number of fused-ring (bicyclic) bond motifs is 6. The Morgan fingerprint density at radius 1 is 0.500 bits per heavy atom. The average molecular weight is 1470 g/mol. The second kappa shape index (κ2) is 34.9. The second-order valence-corrected chi connectivity index (χ2v) is 26.0. The summed E-state index contributed by atoms with van der Waals surface area (Å²) in [5.74, 6) is -0.116. The standard InChI is InChI=1S/C55H42N12O17S6.6Na/c68-83-84-85-45-25-35(17-13-31(45)9-10-33-15-19-37(27-49(33)89(76,77)78)66-61-43-29-46(86(69)70)39-5-1-3-7-41(39)51(43)63-66)56-53-58-54(60-55(59-53)65-21-23-82-24-22-65)57-36-18-14-32(48(26-36)88(73,74)75)11-12-34-16-20-38(28-50(34)90(79,80)81)67-62-44-30-47(87(71)72)40-6-2-4-8-42(40)52(44)64-67;;;;;;/h1-20,25-30,68H,21-24H2,(H,69,70)(H,71,72)(H,73,74,75)(H,76,77,78)(H,79,80,81)(H2,56,57,58,59,60);;;;;;/q;6*+1/p-6. The van der Waals surface area contributed by atoms with Gasteiger partial charge in [0.1, 0.15) is 52.4 Å². The number of hydrogen-bond donors (Lipinski definition) is 2. The number of morpholine rings is 1. The van der Waals surface area contributed by atoms with Gasteiger partial charge in [-0.05, 0) is 116 Å². The summed E-state index contributed by atoms with van der Waals surface area (Å²) in [5, 5.41) is 40.0. The molecule has 2 atom stereocenters. The molecule has 0 aliphatic carbocycles. The van der Waals surface area contributed by atoms with Crippen LogP contribution in [-0.4, -0.2) is 128 Å². The number of benzene rings is 8. The maximum atomic E-state index is 12.9. The molecule has 1 aliphatic heterocycles. The van der Waals surface area contributed by atoms with E-state index >= 15 is 0 Å². The molecule has 12 rings (SSSR count). The normalized spacial score (nSPS) is 13.3. The van der Waals surface area contributed by atoms with Crippen LogP contribution in [0.5, 0.6) is 0 Å². The second-order valence-electron chi connectivity index (χ2n) is 19.4. The Hall–Kier alpha value is -2.89. The zero-order chi connectivity index (χ0) is 63.2. The van der Waals surface area contributed by atoms with Crippen LogP contribution in [-0.2, 0) is 66.6 Å². The van der Waals surface area contributed by atoms with Crippen LogP contribution < -0.4 is 198 Å². The van der Waals surface area contributed by atoms with Crippen molar-refractivity contribution < 1.29 is 253 Å². The van der Waals surface area contributed by atoms with Crippen molar-refractivity contribution in [3.05, 3.63) is 156 Å². The van der Waals surface area contributed by atoms with E-state index in [1.54, 1.807) is 59.5 Å². The van der Waals surface area contributed by atoms with E-state index in [4.69, 9.17) is 4.74 Å². The molecule has 4 heterocycles. The van der Waals surface area contributed by atoms with Crippen LogP contribution >= 0.6 is 12.0 Å². The molecule has 0 amide bonds. The molecule has 8 aromatic carbocycles. The van der Waals surface area contributed by atoms with E-state index in [0.717, 1.165) is 39.9 Å². The summed E-state index contributed by atoms with van der Waals surface area (Å²) >= 11 is -4.80. The van der Waals surface area contributed by atoms with Gasteiger partial charge in [0.15, 0.2) is 0 Å². The number of aromatic nitrogens is 9. The van der Waals surface area contributed by atoms with Gasteiger partial charge in [0.05, 0.1) is 51.3 Å². The molecule has 0 radical (unpaired) electrons. The van der Waals surface area contributed by atoms with Gasteiger partial charge in [-0.1, -0.05) is 97.1 Å². The monoisotopic (exact) mass is 1470 g/mol. The molecule has 0 saturated carbocycles. The first-order chi connectivity index (χ1) is 43.1. The van der Waals surface area contributed by atoms with E-state index in [1.807, 2.05) is 0 Å². The minimum atomic E-state index is -5.29. The van der Waals surface area contributed by atoms with Crippen LogP contribution in [0, 0.1) is 0 Å². The molecule has 1 saturated heterocycles. The van der Waals surface area contributed by atoms with Crippen molar-refractivity contribution in [3.8, 4) is 11.4 Å². The Kier molecular flexibility index (Phi) is 29.8. The van der Waals surface area contributed by atoms with E-state index in [2.05, 4.69) is 55.4 Å². The Morgan fingerprint density at radius 3 is 1.32 bits per heavy atom. The maximum absolute atomic E-state index is 12.9. The van der Waals surface area contributed by atoms with Gasteiger partial charge in [-0.3, -0.25) is 13.5 Å². The van der Waals surface area contributed by atoms with Gasteiger partial charge in [-0.25, -0.2) is 25.3 Å². The quantitative estimate of drug-likeness (QED) is 0.0144. The molecule has 29 nitrogen and oxygen atoms in total. The minimum Gasteiger partial charge on any atom is -0.768 e. The van der Waals surface area contributed by atoms with Crippen molar-refractivity contribution >= 4 is 162 Å². The van der Waals surface area contributed by atoms with Gasteiger partial charge < -0.3 is 48.3 Å². The maximum Gasteiger partial charge on any atom is 1.00 e. The molecule has 11 aromatic rings. The van der Waals surface area contributed by atoms with Crippen molar-refractivity contribution in [1.82, 2.24) is 44.9 Å². The summed E-state index contributed by atoms with van der Waals surface area (Å²) in [4.78, 5) is 15.4. The van der Waals surface area contributed by atoms with Crippen LogP contribution in [0.2, 0.25) is 0 Å². The Balaban J connectivity index is 0.00000243. The third kappa shape index (κ3) is 18.7. The number of nitrogens with one attached hydrogen (secondary N) is 2. The van der Waals surface area contributed by atoms with Crippen molar-refractivity contribution in [2.45, 2.75) is 29.4 Å². The average Bonchev–Trinajstić information content (AvgIpc) is 1.58. The van der Waals surface area contributed by atoms with Crippen molar-refractivity contribution in [1.29, 1.82) is 0 Å². The van der Waals surface area contributed by atoms with Gasteiger partial charge in [0.25, 0.3) is 0 Å². The Bertz CT molecular complexity index is 5230. The summed E-state index contributed by atoms with van der Waals surface area (Å²) in [6.07, 6.45) is 4.99. The van der Waals surface area contributed by atoms with Crippen LogP contribution in [0.4, 0.5) is 29.2 Å². The zero-order valence-corrected chi connectivity index (χ0v) is 68.1. The largest absolute Gasteiger partial charge is 1.00 e.